The van der Waals surface area contributed by atoms with E-state index in [1.165, 1.54) is 43.2 Å². The Morgan fingerprint density at radius 3 is 2.89 bits per heavy atom. The van der Waals surface area contributed by atoms with E-state index in [4.69, 9.17) is 4.74 Å². The molecule has 2 aliphatic rings. The fourth-order valence-electron chi connectivity index (χ4n) is 3.02. The second kappa shape index (κ2) is 5.02. The first kappa shape index (κ1) is 12.2. The van der Waals surface area contributed by atoms with Crippen molar-refractivity contribution in [2.45, 2.75) is 50.2 Å². The normalized spacial score (nSPS) is 25.9. The molecule has 1 aromatic carbocycles. The molecule has 1 aromatic rings. The molecule has 1 heterocycles. The van der Waals surface area contributed by atoms with Gasteiger partial charge in [0.25, 0.3) is 0 Å². The van der Waals surface area contributed by atoms with Gasteiger partial charge >= 0.3 is 0 Å². The minimum atomic E-state index is 0.165. The minimum absolute atomic E-state index is 0.165. The highest BCUT2D eigenvalue weighted by Gasteiger charge is 2.42. The van der Waals surface area contributed by atoms with Gasteiger partial charge in [0.1, 0.15) is 0 Å². The fourth-order valence-corrected chi connectivity index (χ4v) is 3.02. The van der Waals surface area contributed by atoms with Crippen LogP contribution in [0.25, 0.3) is 0 Å². The van der Waals surface area contributed by atoms with Gasteiger partial charge in [-0.25, -0.2) is 0 Å². The van der Waals surface area contributed by atoms with Crippen molar-refractivity contribution in [3.8, 4) is 0 Å². The van der Waals surface area contributed by atoms with Gasteiger partial charge in [-0.15, -0.1) is 0 Å². The predicted octanol–water partition coefficient (Wildman–Crippen LogP) is 3.22. The third-order valence-electron chi connectivity index (χ3n) is 4.43. The minimum Gasteiger partial charge on any atom is -0.378 e. The summed E-state index contributed by atoms with van der Waals surface area (Å²) in [4.78, 5) is 0. The molecule has 1 saturated carbocycles. The SMILES string of the molecule is COC1(Cc2cccc(C3CCCCN3)c2)CC1. The topological polar surface area (TPSA) is 21.3 Å². The van der Waals surface area contributed by atoms with Gasteiger partial charge in [-0.3, -0.25) is 0 Å². The Kier molecular flexibility index (Phi) is 3.40. The molecule has 0 radical (unpaired) electrons. The van der Waals surface area contributed by atoms with Crippen LogP contribution in [0.1, 0.15) is 49.3 Å². The molecule has 98 valence electrons. The summed E-state index contributed by atoms with van der Waals surface area (Å²) < 4.78 is 5.62. The van der Waals surface area contributed by atoms with E-state index in [1.807, 2.05) is 7.11 Å². The number of hydrogen-bond acceptors (Lipinski definition) is 2. The van der Waals surface area contributed by atoms with Crippen LogP contribution in [-0.2, 0) is 11.2 Å². The van der Waals surface area contributed by atoms with Crippen molar-refractivity contribution in [2.75, 3.05) is 13.7 Å². The summed E-state index contributed by atoms with van der Waals surface area (Å²) in [5.41, 5.74) is 3.05. The van der Waals surface area contributed by atoms with Gasteiger partial charge in [0.2, 0.25) is 0 Å². The molecule has 1 aliphatic heterocycles. The van der Waals surface area contributed by atoms with Crippen LogP contribution in [0.15, 0.2) is 24.3 Å². The van der Waals surface area contributed by atoms with Crippen LogP contribution in [0, 0.1) is 0 Å². The summed E-state index contributed by atoms with van der Waals surface area (Å²) in [6.45, 7) is 1.16. The Morgan fingerprint density at radius 1 is 1.33 bits per heavy atom. The van der Waals surface area contributed by atoms with Crippen LogP contribution in [0.3, 0.4) is 0 Å². The summed E-state index contributed by atoms with van der Waals surface area (Å²) in [6, 6.07) is 9.65. The van der Waals surface area contributed by atoms with Crippen LogP contribution in [0.2, 0.25) is 0 Å². The van der Waals surface area contributed by atoms with Gasteiger partial charge in [0.05, 0.1) is 5.60 Å². The van der Waals surface area contributed by atoms with Crippen molar-refractivity contribution in [1.29, 1.82) is 0 Å². The molecule has 2 nitrogen and oxygen atoms in total. The highest BCUT2D eigenvalue weighted by atomic mass is 16.5. The maximum Gasteiger partial charge on any atom is 0.0721 e. The van der Waals surface area contributed by atoms with Crippen molar-refractivity contribution < 1.29 is 4.74 Å². The lowest BCUT2D eigenvalue weighted by Crippen LogP contribution is -2.26. The summed E-state index contributed by atoms with van der Waals surface area (Å²) in [7, 11) is 1.85. The van der Waals surface area contributed by atoms with E-state index in [0.29, 0.717) is 6.04 Å². The van der Waals surface area contributed by atoms with Gasteiger partial charge < -0.3 is 10.1 Å². The average Bonchev–Trinajstić information content (AvgIpc) is 3.20. The fraction of sp³-hybridized carbons (Fsp3) is 0.625. The lowest BCUT2D eigenvalue weighted by molar-refractivity contribution is 0.0807. The smallest absolute Gasteiger partial charge is 0.0721 e. The van der Waals surface area contributed by atoms with E-state index in [1.54, 1.807) is 0 Å². The average molecular weight is 245 g/mol. The first-order valence-electron chi connectivity index (χ1n) is 7.19. The van der Waals surface area contributed by atoms with Gasteiger partial charge in [-0.1, -0.05) is 30.7 Å². The van der Waals surface area contributed by atoms with Gasteiger partial charge in [-0.2, -0.15) is 0 Å². The number of piperidine rings is 1. The number of ether oxygens (including phenoxy) is 1. The van der Waals surface area contributed by atoms with Crippen molar-refractivity contribution >= 4 is 0 Å². The van der Waals surface area contributed by atoms with E-state index in [0.717, 1.165) is 13.0 Å². The monoisotopic (exact) mass is 245 g/mol. The van der Waals surface area contributed by atoms with Crippen LogP contribution in [0.5, 0.6) is 0 Å². The first-order chi connectivity index (χ1) is 8.81. The van der Waals surface area contributed by atoms with Crippen molar-refractivity contribution in [3.05, 3.63) is 35.4 Å². The van der Waals surface area contributed by atoms with E-state index < -0.39 is 0 Å². The number of rotatable bonds is 4. The molecule has 1 saturated heterocycles. The first-order valence-corrected chi connectivity index (χ1v) is 7.19. The predicted molar refractivity (Wildman–Crippen MR) is 73.7 cm³/mol. The molecule has 2 fully saturated rings. The van der Waals surface area contributed by atoms with Crippen molar-refractivity contribution in [3.63, 3.8) is 0 Å². The van der Waals surface area contributed by atoms with Crippen LogP contribution in [0.4, 0.5) is 0 Å². The van der Waals surface area contributed by atoms with Crippen molar-refractivity contribution in [2.24, 2.45) is 0 Å². The second-order valence-electron chi connectivity index (χ2n) is 5.81. The summed E-state index contributed by atoms with van der Waals surface area (Å²) in [5.74, 6) is 0. The Morgan fingerprint density at radius 2 is 2.22 bits per heavy atom. The van der Waals surface area contributed by atoms with E-state index >= 15 is 0 Å². The van der Waals surface area contributed by atoms with Crippen LogP contribution in [-0.4, -0.2) is 19.3 Å². The third-order valence-corrected chi connectivity index (χ3v) is 4.43. The van der Waals surface area contributed by atoms with Crippen LogP contribution < -0.4 is 5.32 Å². The number of benzene rings is 1. The molecular weight excluding hydrogens is 222 g/mol. The molecule has 2 heteroatoms. The third kappa shape index (κ3) is 2.60. The number of methoxy groups -OCH3 is 1. The summed E-state index contributed by atoms with van der Waals surface area (Å²) in [6.07, 6.45) is 7.46. The molecule has 0 spiro atoms. The molecule has 0 bridgehead atoms. The number of nitrogens with one attached hydrogen (secondary N) is 1. The second-order valence-corrected chi connectivity index (χ2v) is 5.81. The summed E-state index contributed by atoms with van der Waals surface area (Å²) >= 11 is 0. The van der Waals surface area contributed by atoms with Gasteiger partial charge in [-0.05, 0) is 43.4 Å². The highest BCUT2D eigenvalue weighted by Crippen LogP contribution is 2.42. The maximum absolute atomic E-state index is 5.62. The summed E-state index contributed by atoms with van der Waals surface area (Å²) in [5, 5.41) is 3.62. The zero-order valence-corrected chi connectivity index (χ0v) is 11.2. The molecule has 1 atom stereocenters. The molecular formula is C16H23NO. The lowest BCUT2D eigenvalue weighted by atomic mass is 9.95. The Hall–Kier alpha value is -0.860. The molecule has 3 rings (SSSR count). The van der Waals surface area contributed by atoms with Gasteiger partial charge in [0, 0.05) is 19.6 Å². The van der Waals surface area contributed by atoms with E-state index in [9.17, 15) is 0 Å². The number of hydrogen-bond donors (Lipinski definition) is 1. The Balaban J connectivity index is 1.72. The molecule has 0 amide bonds. The molecule has 1 N–H and O–H groups in total. The molecule has 1 unspecified atom stereocenters. The maximum atomic E-state index is 5.62. The zero-order chi connectivity index (χ0) is 12.4. The quantitative estimate of drug-likeness (QED) is 0.879. The largest absolute Gasteiger partial charge is 0.378 e. The highest BCUT2D eigenvalue weighted by molar-refractivity contribution is 5.28. The van der Waals surface area contributed by atoms with Crippen molar-refractivity contribution in [1.82, 2.24) is 5.32 Å². The zero-order valence-electron chi connectivity index (χ0n) is 11.2. The lowest BCUT2D eigenvalue weighted by Gasteiger charge is -2.24. The molecule has 0 aromatic heterocycles. The molecule has 1 aliphatic carbocycles. The van der Waals surface area contributed by atoms with Gasteiger partial charge in [0.15, 0.2) is 0 Å². The standard InChI is InChI=1S/C16H23NO/c1-18-16(8-9-16)12-13-5-4-6-14(11-13)15-7-2-3-10-17-15/h4-6,11,15,17H,2-3,7-10,12H2,1H3. The van der Waals surface area contributed by atoms with Crippen LogP contribution >= 0.6 is 0 Å². The van der Waals surface area contributed by atoms with E-state index in [-0.39, 0.29) is 5.60 Å². The molecule has 18 heavy (non-hydrogen) atoms. The Labute approximate surface area is 110 Å². The Bertz CT molecular complexity index is 405. The van der Waals surface area contributed by atoms with E-state index in [2.05, 4.69) is 29.6 Å².